The Morgan fingerprint density at radius 3 is 2.64 bits per heavy atom. The van der Waals surface area contributed by atoms with Crippen LogP contribution in [0, 0.1) is 10.1 Å². The summed E-state index contributed by atoms with van der Waals surface area (Å²) >= 11 is 0. The molecule has 1 aromatic rings. The number of nitro benzene ring substituents is 1. The molecule has 0 atom stereocenters. The molecule has 1 N–H and O–H groups in total. The summed E-state index contributed by atoms with van der Waals surface area (Å²) in [4.78, 5) is 38.4. The Bertz CT molecular complexity index is 685. The van der Waals surface area contributed by atoms with Crippen molar-refractivity contribution < 1.29 is 14.5 Å². The second-order valence-electron chi connectivity index (χ2n) is 6.46. The topological polar surface area (TPSA) is 95.8 Å². The number of non-ortho nitro benzene ring substituents is 1. The number of hydrogen-bond acceptors (Lipinski definition) is 5. The summed E-state index contributed by atoms with van der Waals surface area (Å²) < 4.78 is 0. The number of carbonyl (C=O) groups is 2. The van der Waals surface area contributed by atoms with Gasteiger partial charge in [-0.15, -0.1) is 0 Å². The second-order valence-corrected chi connectivity index (χ2v) is 6.46. The van der Waals surface area contributed by atoms with Crippen LogP contribution in [-0.4, -0.2) is 54.4 Å². The standard InChI is InChI=1S/C17H22N4O4/c22-16(18-11-17(23)19-7-1-2-8-19)12-20-9-3-4-13-5-6-14(21(24)25)10-15(13)20/h5-6,10H,1-4,7-9,11-12H2,(H,18,22). The maximum absolute atomic E-state index is 12.2. The lowest BCUT2D eigenvalue weighted by atomic mass is 10.0. The molecule has 0 saturated carbocycles. The summed E-state index contributed by atoms with van der Waals surface area (Å²) in [6, 6.07) is 4.78. The summed E-state index contributed by atoms with van der Waals surface area (Å²) in [7, 11) is 0. The first-order valence-corrected chi connectivity index (χ1v) is 8.61. The quantitative estimate of drug-likeness (QED) is 0.636. The third kappa shape index (κ3) is 4.07. The molecule has 0 bridgehead atoms. The molecule has 0 spiro atoms. The normalized spacial score (nSPS) is 16.5. The Hall–Kier alpha value is -2.64. The van der Waals surface area contributed by atoms with E-state index in [4.69, 9.17) is 0 Å². The first-order valence-electron chi connectivity index (χ1n) is 8.61. The van der Waals surface area contributed by atoms with Crippen LogP contribution in [0.5, 0.6) is 0 Å². The minimum absolute atomic E-state index is 0.00840. The third-order valence-corrected chi connectivity index (χ3v) is 4.72. The maximum Gasteiger partial charge on any atom is 0.271 e. The van der Waals surface area contributed by atoms with Crippen molar-refractivity contribution in [1.82, 2.24) is 10.2 Å². The van der Waals surface area contributed by atoms with Gasteiger partial charge in [0.1, 0.15) is 0 Å². The Morgan fingerprint density at radius 1 is 1.16 bits per heavy atom. The lowest BCUT2D eigenvalue weighted by Gasteiger charge is -2.30. The molecule has 2 aliphatic heterocycles. The van der Waals surface area contributed by atoms with Crippen molar-refractivity contribution in [2.45, 2.75) is 25.7 Å². The number of anilines is 1. The van der Waals surface area contributed by atoms with Gasteiger partial charge in [0.2, 0.25) is 11.8 Å². The average molecular weight is 346 g/mol. The van der Waals surface area contributed by atoms with Crippen LogP contribution in [0.4, 0.5) is 11.4 Å². The highest BCUT2D eigenvalue weighted by atomic mass is 16.6. The van der Waals surface area contributed by atoms with Gasteiger partial charge in [-0.05, 0) is 31.2 Å². The smallest absolute Gasteiger partial charge is 0.271 e. The number of aryl methyl sites for hydroxylation is 1. The molecule has 3 rings (SSSR count). The van der Waals surface area contributed by atoms with Crippen LogP contribution in [0.15, 0.2) is 18.2 Å². The Labute approximate surface area is 145 Å². The fourth-order valence-corrected chi connectivity index (χ4v) is 3.40. The summed E-state index contributed by atoms with van der Waals surface area (Å²) in [5.41, 5.74) is 1.77. The highest BCUT2D eigenvalue weighted by Gasteiger charge is 2.23. The summed E-state index contributed by atoms with van der Waals surface area (Å²) in [5.74, 6) is -0.299. The minimum atomic E-state index is -0.429. The van der Waals surface area contributed by atoms with Crippen LogP contribution in [0.3, 0.4) is 0 Å². The van der Waals surface area contributed by atoms with Crippen LogP contribution in [-0.2, 0) is 16.0 Å². The Balaban J connectivity index is 1.59. The van der Waals surface area contributed by atoms with E-state index in [-0.39, 0.29) is 30.6 Å². The molecule has 2 heterocycles. The van der Waals surface area contributed by atoms with E-state index in [0.717, 1.165) is 50.0 Å². The summed E-state index contributed by atoms with van der Waals surface area (Å²) in [5, 5.41) is 13.7. The van der Waals surface area contributed by atoms with Crippen molar-refractivity contribution in [1.29, 1.82) is 0 Å². The number of nitrogens with one attached hydrogen (secondary N) is 1. The molecule has 25 heavy (non-hydrogen) atoms. The zero-order chi connectivity index (χ0) is 17.8. The van der Waals surface area contributed by atoms with E-state index in [9.17, 15) is 19.7 Å². The van der Waals surface area contributed by atoms with Crippen LogP contribution in [0.25, 0.3) is 0 Å². The van der Waals surface area contributed by atoms with E-state index in [1.165, 1.54) is 12.1 Å². The van der Waals surface area contributed by atoms with Crippen molar-refractivity contribution >= 4 is 23.2 Å². The van der Waals surface area contributed by atoms with Gasteiger partial charge in [-0.25, -0.2) is 0 Å². The SMILES string of the molecule is O=C(CN1CCCc2ccc([N+](=O)[O-])cc21)NCC(=O)N1CCCC1. The Kier molecular flexibility index (Phi) is 5.16. The number of amides is 2. The predicted octanol–water partition coefficient (Wildman–Crippen LogP) is 1.09. The van der Waals surface area contributed by atoms with Gasteiger partial charge in [0.25, 0.3) is 5.69 Å². The number of likely N-dealkylation sites (tertiary alicyclic amines) is 1. The number of carbonyl (C=O) groups excluding carboxylic acids is 2. The van der Waals surface area contributed by atoms with E-state index < -0.39 is 4.92 Å². The van der Waals surface area contributed by atoms with Gasteiger partial charge in [-0.1, -0.05) is 6.07 Å². The first-order chi connectivity index (χ1) is 12.0. The molecule has 0 unspecified atom stereocenters. The fourth-order valence-electron chi connectivity index (χ4n) is 3.40. The number of nitro groups is 1. The van der Waals surface area contributed by atoms with Gasteiger partial charge in [0.15, 0.2) is 0 Å². The van der Waals surface area contributed by atoms with Crippen LogP contribution >= 0.6 is 0 Å². The highest BCUT2D eigenvalue weighted by Crippen LogP contribution is 2.30. The van der Waals surface area contributed by atoms with Crippen molar-refractivity contribution in [3.63, 3.8) is 0 Å². The molecule has 8 nitrogen and oxygen atoms in total. The molecule has 0 radical (unpaired) electrons. The summed E-state index contributed by atoms with van der Waals surface area (Å²) in [6.07, 6.45) is 3.77. The van der Waals surface area contributed by atoms with Gasteiger partial charge in [0, 0.05) is 37.5 Å². The second kappa shape index (κ2) is 7.50. The molecular weight excluding hydrogens is 324 g/mol. The molecule has 0 aromatic heterocycles. The zero-order valence-corrected chi connectivity index (χ0v) is 14.1. The van der Waals surface area contributed by atoms with Crippen molar-refractivity contribution in [2.75, 3.05) is 37.6 Å². The molecule has 1 aromatic carbocycles. The van der Waals surface area contributed by atoms with E-state index >= 15 is 0 Å². The molecule has 1 saturated heterocycles. The third-order valence-electron chi connectivity index (χ3n) is 4.72. The number of rotatable bonds is 5. The fraction of sp³-hybridized carbons (Fsp3) is 0.529. The van der Waals surface area contributed by atoms with Crippen molar-refractivity contribution in [3.8, 4) is 0 Å². The predicted molar refractivity (Wildman–Crippen MR) is 92.5 cm³/mol. The van der Waals surface area contributed by atoms with Crippen LogP contribution < -0.4 is 10.2 Å². The number of benzene rings is 1. The van der Waals surface area contributed by atoms with Gasteiger partial charge in [-0.2, -0.15) is 0 Å². The molecule has 1 fully saturated rings. The van der Waals surface area contributed by atoms with Gasteiger partial charge in [0.05, 0.1) is 18.0 Å². The van der Waals surface area contributed by atoms with Gasteiger partial charge >= 0.3 is 0 Å². The summed E-state index contributed by atoms with van der Waals surface area (Å²) in [6.45, 7) is 2.30. The highest BCUT2D eigenvalue weighted by molar-refractivity contribution is 5.87. The van der Waals surface area contributed by atoms with Crippen LogP contribution in [0.2, 0.25) is 0 Å². The van der Waals surface area contributed by atoms with E-state index in [1.54, 1.807) is 11.0 Å². The van der Waals surface area contributed by atoms with E-state index in [0.29, 0.717) is 6.54 Å². The number of hydrogen-bond donors (Lipinski definition) is 1. The van der Waals surface area contributed by atoms with E-state index in [1.807, 2.05) is 4.90 Å². The molecular formula is C17H22N4O4. The molecule has 2 aliphatic rings. The average Bonchev–Trinajstić information content (AvgIpc) is 3.14. The molecule has 0 aliphatic carbocycles. The minimum Gasteiger partial charge on any atom is -0.362 e. The molecule has 134 valence electrons. The monoisotopic (exact) mass is 346 g/mol. The zero-order valence-electron chi connectivity index (χ0n) is 14.1. The van der Waals surface area contributed by atoms with Crippen LogP contribution in [0.1, 0.15) is 24.8 Å². The number of fused-ring (bicyclic) bond motifs is 1. The maximum atomic E-state index is 12.2. The van der Waals surface area contributed by atoms with Gasteiger partial charge in [-0.3, -0.25) is 19.7 Å². The lowest BCUT2D eigenvalue weighted by Crippen LogP contribution is -2.44. The van der Waals surface area contributed by atoms with Gasteiger partial charge < -0.3 is 15.1 Å². The molecule has 8 heteroatoms. The molecule has 2 amide bonds. The lowest BCUT2D eigenvalue weighted by molar-refractivity contribution is -0.384. The largest absolute Gasteiger partial charge is 0.362 e. The first kappa shape index (κ1) is 17.2. The Morgan fingerprint density at radius 2 is 1.92 bits per heavy atom. The van der Waals surface area contributed by atoms with Crippen molar-refractivity contribution in [3.05, 3.63) is 33.9 Å². The van der Waals surface area contributed by atoms with Crippen molar-refractivity contribution in [2.24, 2.45) is 0 Å². The number of nitrogens with zero attached hydrogens (tertiary/aromatic N) is 3. The van der Waals surface area contributed by atoms with E-state index in [2.05, 4.69) is 5.32 Å².